The first-order valence-corrected chi connectivity index (χ1v) is 11.9. The number of alkyl halides is 3. The summed E-state index contributed by atoms with van der Waals surface area (Å²) in [6.07, 6.45) is 0.412. The van der Waals surface area contributed by atoms with E-state index >= 15 is 0 Å². The number of aryl methyl sites for hydroxylation is 1. The van der Waals surface area contributed by atoms with Gasteiger partial charge in [0, 0.05) is 30.3 Å². The number of rotatable bonds is 5. The molecule has 6 nitrogen and oxygen atoms in total. The number of hydrogen-bond acceptors (Lipinski definition) is 4. The van der Waals surface area contributed by atoms with Gasteiger partial charge in [-0.05, 0) is 67.5 Å². The summed E-state index contributed by atoms with van der Waals surface area (Å²) in [5.74, 6) is -0.409. The van der Waals surface area contributed by atoms with Crippen molar-refractivity contribution in [1.29, 1.82) is 0 Å². The number of ether oxygens (including phenoxy) is 1. The van der Waals surface area contributed by atoms with E-state index in [-0.39, 0.29) is 11.8 Å². The number of hydrogen-bond donors (Lipinski definition) is 1. The molecule has 1 aromatic heterocycles. The molecule has 1 amide bonds. The van der Waals surface area contributed by atoms with Crippen molar-refractivity contribution in [1.82, 2.24) is 9.78 Å². The number of fused-ring (bicyclic) bond motifs is 1. The van der Waals surface area contributed by atoms with Crippen molar-refractivity contribution in [3.05, 3.63) is 46.4 Å². The van der Waals surface area contributed by atoms with E-state index in [1.165, 1.54) is 17.5 Å². The minimum atomic E-state index is -4.47. The molecule has 1 aliphatic carbocycles. The van der Waals surface area contributed by atoms with Crippen LogP contribution in [0.1, 0.15) is 36.0 Å². The first-order valence-electron chi connectivity index (χ1n) is 11.1. The predicted octanol–water partition coefficient (Wildman–Crippen LogP) is 5.91. The second-order valence-electron chi connectivity index (χ2n) is 9.17. The van der Waals surface area contributed by atoms with Crippen LogP contribution in [0.3, 0.4) is 0 Å². The van der Waals surface area contributed by atoms with Crippen LogP contribution in [0.15, 0.2) is 40.9 Å². The zero-order chi connectivity index (χ0) is 24.1. The number of nitrogens with zero attached hydrogens (tertiary/aromatic N) is 3. The van der Waals surface area contributed by atoms with E-state index in [0.717, 1.165) is 36.1 Å². The summed E-state index contributed by atoms with van der Waals surface area (Å²) in [7, 11) is 1.62. The Morgan fingerprint density at radius 2 is 1.88 bits per heavy atom. The maximum atomic E-state index is 13.3. The summed E-state index contributed by atoms with van der Waals surface area (Å²) in [4.78, 5) is 15.5. The molecule has 0 bridgehead atoms. The molecule has 10 heteroatoms. The van der Waals surface area contributed by atoms with Gasteiger partial charge in [0.25, 0.3) is 5.91 Å². The van der Waals surface area contributed by atoms with Gasteiger partial charge in [0.1, 0.15) is 0 Å². The maximum Gasteiger partial charge on any atom is 0.422 e. The third-order valence-corrected chi connectivity index (χ3v) is 7.27. The lowest BCUT2D eigenvalue weighted by atomic mass is 9.93. The Hall–Kier alpha value is -2.75. The second-order valence-corrected chi connectivity index (χ2v) is 10.1. The van der Waals surface area contributed by atoms with E-state index < -0.39 is 12.8 Å². The van der Waals surface area contributed by atoms with E-state index in [1.54, 1.807) is 31.3 Å². The number of carbonyl (C=O) groups is 1. The maximum absolute atomic E-state index is 13.3. The quantitative estimate of drug-likeness (QED) is 0.440. The highest BCUT2D eigenvalue weighted by Crippen LogP contribution is 2.54. The molecule has 1 saturated heterocycles. The van der Waals surface area contributed by atoms with Gasteiger partial charge in [-0.2, -0.15) is 13.2 Å². The molecule has 1 saturated carbocycles. The van der Waals surface area contributed by atoms with Gasteiger partial charge in [0.05, 0.1) is 22.2 Å². The van der Waals surface area contributed by atoms with Crippen molar-refractivity contribution in [2.45, 2.75) is 31.9 Å². The molecule has 2 heterocycles. The summed E-state index contributed by atoms with van der Waals surface area (Å²) in [5.41, 5.74) is 3.00. The SMILES string of the molecule is Cn1nc(OCC(F)(F)F)c2cc(NC(=O)c3ccc(Br)cc3N3CCC4(CC3)CC4)ccc21. The van der Waals surface area contributed by atoms with Gasteiger partial charge in [0.15, 0.2) is 6.61 Å². The van der Waals surface area contributed by atoms with Crippen LogP contribution >= 0.6 is 15.9 Å². The Balaban J connectivity index is 1.38. The van der Waals surface area contributed by atoms with E-state index in [0.29, 0.717) is 27.6 Å². The third kappa shape index (κ3) is 4.73. The van der Waals surface area contributed by atoms with Crippen molar-refractivity contribution in [2.75, 3.05) is 29.9 Å². The van der Waals surface area contributed by atoms with Crippen LogP contribution in [-0.2, 0) is 7.05 Å². The number of carbonyl (C=O) groups excluding carboxylic acids is 1. The van der Waals surface area contributed by atoms with E-state index in [9.17, 15) is 18.0 Å². The zero-order valence-electron chi connectivity index (χ0n) is 18.6. The van der Waals surface area contributed by atoms with Crippen molar-refractivity contribution in [2.24, 2.45) is 12.5 Å². The standard InChI is InChI=1S/C24H24BrF3N4O2/c1-31-19-5-3-16(13-18(19)22(30-31)34-14-24(26,27)28)29-21(33)17-4-2-15(25)12-20(17)32-10-8-23(6-7-23)9-11-32/h2-5,12-13H,6-11,14H2,1H3,(H,29,33). The van der Waals surface area contributed by atoms with Crippen molar-refractivity contribution >= 4 is 44.1 Å². The van der Waals surface area contributed by atoms with Crippen LogP contribution in [0.2, 0.25) is 0 Å². The number of anilines is 2. The molecule has 0 unspecified atom stereocenters. The molecule has 1 aliphatic heterocycles. The molecular weight excluding hydrogens is 513 g/mol. The molecule has 2 fully saturated rings. The average Bonchev–Trinajstić information content (AvgIpc) is 3.46. The normalized spacial score (nSPS) is 17.3. The van der Waals surface area contributed by atoms with Crippen molar-refractivity contribution in [3.8, 4) is 5.88 Å². The minimum absolute atomic E-state index is 0.127. The van der Waals surface area contributed by atoms with Crippen LogP contribution in [0, 0.1) is 5.41 Å². The van der Waals surface area contributed by atoms with Crippen LogP contribution in [-0.4, -0.2) is 41.6 Å². The largest absolute Gasteiger partial charge is 0.467 e. The van der Waals surface area contributed by atoms with Crippen molar-refractivity contribution < 1.29 is 22.7 Å². The summed E-state index contributed by atoms with van der Waals surface area (Å²) in [6, 6.07) is 10.6. The van der Waals surface area contributed by atoms with E-state index in [1.807, 2.05) is 12.1 Å². The van der Waals surface area contributed by atoms with Gasteiger partial charge < -0.3 is 15.0 Å². The van der Waals surface area contributed by atoms with Crippen LogP contribution < -0.4 is 15.0 Å². The van der Waals surface area contributed by atoms with Gasteiger partial charge in [0.2, 0.25) is 5.88 Å². The molecule has 5 rings (SSSR count). The highest BCUT2D eigenvalue weighted by Gasteiger charge is 2.44. The molecule has 180 valence electrons. The fourth-order valence-corrected chi connectivity index (χ4v) is 4.97. The molecule has 1 spiro atoms. The molecule has 34 heavy (non-hydrogen) atoms. The number of aromatic nitrogens is 2. The van der Waals surface area contributed by atoms with Crippen LogP contribution in [0.4, 0.5) is 24.5 Å². The van der Waals surface area contributed by atoms with Crippen LogP contribution in [0.5, 0.6) is 5.88 Å². The lowest BCUT2D eigenvalue weighted by Crippen LogP contribution is -2.35. The molecule has 0 radical (unpaired) electrons. The van der Waals surface area contributed by atoms with E-state index in [2.05, 4.69) is 31.2 Å². The topological polar surface area (TPSA) is 59.4 Å². The highest BCUT2D eigenvalue weighted by molar-refractivity contribution is 9.10. The van der Waals surface area contributed by atoms with Gasteiger partial charge >= 0.3 is 6.18 Å². The van der Waals surface area contributed by atoms with Crippen molar-refractivity contribution in [3.63, 3.8) is 0 Å². The Kier molecular flexibility index (Phi) is 5.74. The summed E-state index contributed by atoms with van der Waals surface area (Å²) >= 11 is 3.52. The lowest BCUT2D eigenvalue weighted by molar-refractivity contribution is -0.153. The molecule has 1 N–H and O–H groups in total. The van der Waals surface area contributed by atoms with Gasteiger partial charge in [-0.15, -0.1) is 5.10 Å². The smallest absolute Gasteiger partial charge is 0.422 e. The monoisotopic (exact) mass is 536 g/mol. The fraction of sp³-hybridized carbons (Fsp3) is 0.417. The third-order valence-electron chi connectivity index (χ3n) is 6.77. The molecular formula is C24H24BrF3N4O2. The predicted molar refractivity (Wildman–Crippen MR) is 127 cm³/mol. The fourth-order valence-electron chi connectivity index (χ4n) is 4.62. The summed E-state index contributed by atoms with van der Waals surface area (Å²) < 4.78 is 45.1. The number of nitrogens with one attached hydrogen (secondary N) is 1. The van der Waals surface area contributed by atoms with E-state index in [4.69, 9.17) is 4.74 Å². The molecule has 0 atom stereocenters. The number of amides is 1. The molecule has 2 aromatic carbocycles. The Bertz CT molecular complexity index is 1240. The number of piperidine rings is 1. The van der Waals surface area contributed by atoms with Crippen LogP contribution in [0.25, 0.3) is 10.9 Å². The Morgan fingerprint density at radius 1 is 1.15 bits per heavy atom. The molecule has 2 aliphatic rings. The molecule has 3 aromatic rings. The summed E-state index contributed by atoms with van der Waals surface area (Å²) in [5, 5.41) is 7.33. The second kappa shape index (κ2) is 8.48. The Morgan fingerprint density at radius 3 is 2.56 bits per heavy atom. The van der Waals surface area contributed by atoms with Gasteiger partial charge in [-0.25, -0.2) is 0 Å². The summed E-state index contributed by atoms with van der Waals surface area (Å²) in [6.45, 7) is 0.394. The number of halogens is 4. The Labute approximate surface area is 203 Å². The minimum Gasteiger partial charge on any atom is -0.467 e. The number of benzene rings is 2. The lowest BCUT2D eigenvalue weighted by Gasteiger charge is -2.35. The van der Waals surface area contributed by atoms with Gasteiger partial charge in [-0.1, -0.05) is 15.9 Å². The average molecular weight is 537 g/mol. The van der Waals surface area contributed by atoms with Gasteiger partial charge in [-0.3, -0.25) is 9.48 Å². The first kappa shape index (κ1) is 23.0. The zero-order valence-corrected chi connectivity index (χ0v) is 20.2. The first-order chi connectivity index (χ1) is 16.1. The highest BCUT2D eigenvalue weighted by atomic mass is 79.9.